The van der Waals surface area contributed by atoms with Crippen LogP contribution in [0.1, 0.15) is 23.2 Å². The number of ether oxygens (including phenoxy) is 1. The van der Waals surface area contributed by atoms with Gasteiger partial charge in [-0.25, -0.2) is 0 Å². The Morgan fingerprint density at radius 3 is 2.17 bits per heavy atom. The number of benzene rings is 3. The number of para-hydroxylation sites is 1. The zero-order valence-corrected chi connectivity index (χ0v) is 15.6. The first-order chi connectivity index (χ1) is 14.1. The topological polar surface area (TPSA) is 87.7 Å². The minimum absolute atomic E-state index is 0.0534. The number of hydrogen-bond donors (Lipinski definition) is 3. The quantitative estimate of drug-likeness (QED) is 0.530. The molecule has 0 radical (unpaired) electrons. The van der Waals surface area contributed by atoms with E-state index in [0.29, 0.717) is 17.1 Å². The smallest absolute Gasteiger partial charge is 0.259 e. The standard InChI is InChI=1S/C23H20N2O4/c26-21-13-10-17(25-22(27)15-6-7-15)14-20(21)23(28)24-16-8-11-19(12-9-16)29-18-4-2-1-3-5-18/h1-5,8-15,26H,6-7H2,(H,24,28)(H,25,27). The van der Waals surface area contributed by atoms with Crippen molar-refractivity contribution in [2.75, 3.05) is 10.6 Å². The van der Waals surface area contributed by atoms with Gasteiger partial charge in [0, 0.05) is 17.3 Å². The number of carbonyl (C=O) groups is 2. The van der Waals surface area contributed by atoms with E-state index in [0.717, 1.165) is 18.6 Å². The molecule has 1 aliphatic carbocycles. The molecule has 0 atom stereocenters. The predicted octanol–water partition coefficient (Wildman–Crippen LogP) is 4.79. The summed E-state index contributed by atoms with van der Waals surface area (Å²) < 4.78 is 5.73. The van der Waals surface area contributed by atoms with Crippen molar-refractivity contribution in [2.24, 2.45) is 5.92 Å². The van der Waals surface area contributed by atoms with Gasteiger partial charge >= 0.3 is 0 Å². The third-order valence-electron chi connectivity index (χ3n) is 4.55. The first-order valence-electron chi connectivity index (χ1n) is 9.37. The maximum Gasteiger partial charge on any atom is 0.259 e. The Bertz CT molecular complexity index is 1030. The van der Waals surface area contributed by atoms with Gasteiger partial charge in [-0.15, -0.1) is 0 Å². The SMILES string of the molecule is O=C(Nc1ccc(Oc2ccccc2)cc1)c1cc(NC(=O)C2CC2)ccc1O. The zero-order valence-electron chi connectivity index (χ0n) is 15.6. The fraction of sp³-hybridized carbons (Fsp3) is 0.130. The summed E-state index contributed by atoms with van der Waals surface area (Å²) in [5.74, 6) is 0.729. The molecule has 0 saturated heterocycles. The molecule has 146 valence electrons. The van der Waals surface area contributed by atoms with Crippen LogP contribution in [0.15, 0.2) is 72.8 Å². The highest BCUT2D eigenvalue weighted by atomic mass is 16.5. The number of aromatic hydroxyl groups is 1. The summed E-state index contributed by atoms with van der Waals surface area (Å²) in [5, 5.41) is 15.6. The van der Waals surface area contributed by atoms with Gasteiger partial charge in [0.25, 0.3) is 5.91 Å². The molecule has 3 aromatic carbocycles. The fourth-order valence-corrected chi connectivity index (χ4v) is 2.81. The van der Waals surface area contributed by atoms with Crippen molar-refractivity contribution in [3.05, 3.63) is 78.4 Å². The van der Waals surface area contributed by atoms with Crippen molar-refractivity contribution in [1.82, 2.24) is 0 Å². The summed E-state index contributed by atoms with van der Waals surface area (Å²) in [4.78, 5) is 24.5. The molecule has 4 rings (SSSR count). The van der Waals surface area contributed by atoms with E-state index < -0.39 is 5.91 Å². The van der Waals surface area contributed by atoms with Crippen LogP contribution in [0.3, 0.4) is 0 Å². The second-order valence-corrected chi connectivity index (χ2v) is 6.89. The molecule has 6 heteroatoms. The lowest BCUT2D eigenvalue weighted by atomic mass is 10.1. The minimum Gasteiger partial charge on any atom is -0.507 e. The third kappa shape index (κ3) is 4.73. The van der Waals surface area contributed by atoms with Gasteiger partial charge in [0.2, 0.25) is 5.91 Å². The van der Waals surface area contributed by atoms with Gasteiger partial charge < -0.3 is 20.5 Å². The van der Waals surface area contributed by atoms with E-state index in [1.165, 1.54) is 12.1 Å². The molecule has 29 heavy (non-hydrogen) atoms. The molecule has 0 bridgehead atoms. The van der Waals surface area contributed by atoms with Crippen molar-refractivity contribution in [3.63, 3.8) is 0 Å². The van der Waals surface area contributed by atoms with Crippen LogP contribution < -0.4 is 15.4 Å². The Kier molecular flexibility index (Phi) is 5.16. The van der Waals surface area contributed by atoms with Crippen LogP contribution in [0.4, 0.5) is 11.4 Å². The molecule has 0 heterocycles. The normalized spacial score (nSPS) is 12.8. The van der Waals surface area contributed by atoms with Crippen LogP contribution in [-0.4, -0.2) is 16.9 Å². The van der Waals surface area contributed by atoms with Crippen molar-refractivity contribution < 1.29 is 19.4 Å². The Balaban J connectivity index is 1.42. The van der Waals surface area contributed by atoms with Crippen LogP contribution in [0.2, 0.25) is 0 Å². The largest absolute Gasteiger partial charge is 0.507 e. The van der Waals surface area contributed by atoms with E-state index in [1.807, 2.05) is 30.3 Å². The van der Waals surface area contributed by atoms with E-state index in [1.54, 1.807) is 30.3 Å². The van der Waals surface area contributed by atoms with E-state index in [2.05, 4.69) is 10.6 Å². The first-order valence-corrected chi connectivity index (χ1v) is 9.37. The lowest BCUT2D eigenvalue weighted by Gasteiger charge is -2.11. The molecule has 1 aliphatic rings. The molecule has 0 aromatic heterocycles. The summed E-state index contributed by atoms with van der Waals surface area (Å²) in [6.07, 6.45) is 1.78. The number of phenolic OH excluding ortho intramolecular Hbond substituents is 1. The number of phenols is 1. The molecular formula is C23H20N2O4. The summed E-state index contributed by atoms with van der Waals surface area (Å²) in [7, 11) is 0. The predicted molar refractivity (Wildman–Crippen MR) is 110 cm³/mol. The minimum atomic E-state index is -0.471. The van der Waals surface area contributed by atoms with Crippen LogP contribution in [0, 0.1) is 5.92 Å². The molecular weight excluding hydrogens is 368 g/mol. The number of amides is 2. The lowest BCUT2D eigenvalue weighted by molar-refractivity contribution is -0.117. The fourth-order valence-electron chi connectivity index (χ4n) is 2.81. The maximum absolute atomic E-state index is 12.6. The maximum atomic E-state index is 12.6. The third-order valence-corrected chi connectivity index (χ3v) is 4.55. The molecule has 3 N–H and O–H groups in total. The summed E-state index contributed by atoms with van der Waals surface area (Å²) in [6.45, 7) is 0. The average Bonchev–Trinajstić information content (AvgIpc) is 3.57. The van der Waals surface area contributed by atoms with Crippen LogP contribution in [-0.2, 0) is 4.79 Å². The van der Waals surface area contributed by atoms with Crippen LogP contribution in [0.25, 0.3) is 0 Å². The second kappa shape index (κ2) is 8.06. The Hall–Kier alpha value is -3.80. The highest BCUT2D eigenvalue weighted by Gasteiger charge is 2.29. The van der Waals surface area contributed by atoms with Gasteiger partial charge in [-0.05, 0) is 67.4 Å². The number of rotatable bonds is 6. The molecule has 1 fully saturated rings. The molecule has 6 nitrogen and oxygen atoms in total. The van der Waals surface area contributed by atoms with Crippen molar-refractivity contribution >= 4 is 23.2 Å². The van der Waals surface area contributed by atoms with Crippen LogP contribution in [0.5, 0.6) is 17.2 Å². The molecule has 3 aromatic rings. The number of hydrogen-bond acceptors (Lipinski definition) is 4. The monoisotopic (exact) mass is 388 g/mol. The average molecular weight is 388 g/mol. The van der Waals surface area contributed by atoms with Gasteiger partial charge in [-0.2, -0.15) is 0 Å². The number of anilines is 2. The molecule has 2 amide bonds. The first kappa shape index (κ1) is 18.6. The van der Waals surface area contributed by atoms with Crippen molar-refractivity contribution in [3.8, 4) is 17.2 Å². The van der Waals surface area contributed by atoms with Crippen molar-refractivity contribution in [1.29, 1.82) is 0 Å². The molecule has 1 saturated carbocycles. The summed E-state index contributed by atoms with van der Waals surface area (Å²) >= 11 is 0. The lowest BCUT2D eigenvalue weighted by Crippen LogP contribution is -2.15. The van der Waals surface area contributed by atoms with E-state index in [9.17, 15) is 14.7 Å². The van der Waals surface area contributed by atoms with Gasteiger partial charge in [0.15, 0.2) is 0 Å². The molecule has 0 spiro atoms. The highest BCUT2D eigenvalue weighted by molar-refractivity contribution is 6.07. The Labute approximate surface area is 168 Å². The molecule has 0 unspecified atom stereocenters. The number of nitrogens with one attached hydrogen (secondary N) is 2. The molecule has 0 aliphatic heterocycles. The zero-order chi connectivity index (χ0) is 20.2. The van der Waals surface area contributed by atoms with Crippen molar-refractivity contribution in [2.45, 2.75) is 12.8 Å². The highest BCUT2D eigenvalue weighted by Crippen LogP contribution is 2.31. The van der Waals surface area contributed by atoms with E-state index >= 15 is 0 Å². The van der Waals surface area contributed by atoms with E-state index in [-0.39, 0.29) is 23.1 Å². The Morgan fingerprint density at radius 1 is 0.828 bits per heavy atom. The van der Waals surface area contributed by atoms with Gasteiger partial charge in [-0.3, -0.25) is 9.59 Å². The number of carbonyl (C=O) groups excluding carboxylic acids is 2. The summed E-state index contributed by atoms with van der Waals surface area (Å²) in [5.41, 5.74) is 1.13. The second-order valence-electron chi connectivity index (χ2n) is 6.89. The van der Waals surface area contributed by atoms with E-state index in [4.69, 9.17) is 4.74 Å². The van der Waals surface area contributed by atoms with Gasteiger partial charge in [-0.1, -0.05) is 18.2 Å². The van der Waals surface area contributed by atoms with Gasteiger partial charge in [0.1, 0.15) is 17.2 Å². The Morgan fingerprint density at radius 2 is 1.48 bits per heavy atom. The van der Waals surface area contributed by atoms with Crippen LogP contribution >= 0.6 is 0 Å². The van der Waals surface area contributed by atoms with Gasteiger partial charge in [0.05, 0.1) is 5.56 Å². The summed E-state index contributed by atoms with van der Waals surface area (Å²) in [6, 6.07) is 20.7.